The second kappa shape index (κ2) is 7.74. The van der Waals surface area contributed by atoms with Gasteiger partial charge in [-0.3, -0.25) is 4.79 Å². The molecule has 1 aromatic heterocycles. The SMILES string of the molecule is O=C(NCCCc1nnc2n1CCCCC2)[C@@H]1C[C@@H]1c1ccc(F)c(F)c1. The Morgan fingerprint density at radius 2 is 2.07 bits per heavy atom. The van der Waals surface area contributed by atoms with Gasteiger partial charge in [0.2, 0.25) is 5.91 Å². The second-order valence-corrected chi connectivity index (χ2v) is 7.51. The lowest BCUT2D eigenvalue weighted by Crippen LogP contribution is -2.27. The third kappa shape index (κ3) is 4.01. The summed E-state index contributed by atoms with van der Waals surface area (Å²) >= 11 is 0. The van der Waals surface area contributed by atoms with Gasteiger partial charge in [-0.05, 0) is 49.3 Å². The summed E-state index contributed by atoms with van der Waals surface area (Å²) in [4.78, 5) is 12.3. The lowest BCUT2D eigenvalue weighted by atomic mass is 10.1. The second-order valence-electron chi connectivity index (χ2n) is 7.51. The molecule has 1 aliphatic heterocycles. The van der Waals surface area contributed by atoms with Crippen molar-refractivity contribution in [1.82, 2.24) is 20.1 Å². The molecule has 2 aromatic rings. The van der Waals surface area contributed by atoms with E-state index in [1.807, 2.05) is 0 Å². The fourth-order valence-electron chi connectivity index (χ4n) is 3.92. The molecule has 1 fully saturated rings. The molecule has 2 heterocycles. The van der Waals surface area contributed by atoms with Crippen molar-refractivity contribution in [3.63, 3.8) is 0 Å². The molecule has 2 atom stereocenters. The minimum Gasteiger partial charge on any atom is -0.356 e. The Morgan fingerprint density at radius 3 is 2.93 bits per heavy atom. The number of halogens is 2. The Hall–Kier alpha value is -2.31. The van der Waals surface area contributed by atoms with Crippen molar-refractivity contribution in [3.8, 4) is 0 Å². The maximum absolute atomic E-state index is 13.3. The zero-order chi connectivity index (χ0) is 18.8. The summed E-state index contributed by atoms with van der Waals surface area (Å²) in [5.41, 5.74) is 0.695. The average molecular weight is 374 g/mol. The van der Waals surface area contributed by atoms with Crippen molar-refractivity contribution < 1.29 is 13.6 Å². The van der Waals surface area contributed by atoms with Crippen LogP contribution in [-0.4, -0.2) is 27.2 Å². The first-order chi connectivity index (χ1) is 13.1. The highest BCUT2D eigenvalue weighted by atomic mass is 19.2. The zero-order valence-electron chi connectivity index (χ0n) is 15.3. The third-order valence-corrected chi connectivity index (χ3v) is 5.56. The van der Waals surface area contributed by atoms with Crippen molar-refractivity contribution >= 4 is 5.91 Å². The van der Waals surface area contributed by atoms with Crippen molar-refractivity contribution in [2.24, 2.45) is 5.92 Å². The molecular formula is C20H24F2N4O. The van der Waals surface area contributed by atoms with E-state index in [0.29, 0.717) is 18.5 Å². The number of nitrogens with zero attached hydrogens (tertiary/aromatic N) is 3. The first-order valence-electron chi connectivity index (χ1n) is 9.77. The fraction of sp³-hybridized carbons (Fsp3) is 0.550. The molecule has 2 aliphatic rings. The third-order valence-electron chi connectivity index (χ3n) is 5.56. The summed E-state index contributed by atoms with van der Waals surface area (Å²) in [7, 11) is 0. The molecular weight excluding hydrogens is 350 g/mol. The summed E-state index contributed by atoms with van der Waals surface area (Å²) in [6.07, 6.45) is 6.87. The van der Waals surface area contributed by atoms with Crippen LogP contribution in [0.4, 0.5) is 8.78 Å². The molecule has 7 heteroatoms. The van der Waals surface area contributed by atoms with Crippen LogP contribution in [0.2, 0.25) is 0 Å². The van der Waals surface area contributed by atoms with Crippen LogP contribution in [0.5, 0.6) is 0 Å². The van der Waals surface area contributed by atoms with E-state index in [4.69, 9.17) is 0 Å². The monoisotopic (exact) mass is 374 g/mol. The first-order valence-corrected chi connectivity index (χ1v) is 9.77. The molecule has 0 radical (unpaired) electrons. The van der Waals surface area contributed by atoms with Crippen LogP contribution in [-0.2, 0) is 24.2 Å². The van der Waals surface area contributed by atoms with Gasteiger partial charge in [0.1, 0.15) is 11.6 Å². The van der Waals surface area contributed by atoms with Gasteiger partial charge in [-0.25, -0.2) is 8.78 Å². The predicted octanol–water partition coefficient (Wildman–Crippen LogP) is 3.14. The summed E-state index contributed by atoms with van der Waals surface area (Å²) in [6.45, 7) is 1.57. The molecule has 1 saturated carbocycles. The molecule has 1 N–H and O–H groups in total. The van der Waals surface area contributed by atoms with E-state index in [2.05, 4.69) is 20.1 Å². The van der Waals surface area contributed by atoms with Crippen LogP contribution in [0, 0.1) is 17.6 Å². The molecule has 0 bridgehead atoms. The van der Waals surface area contributed by atoms with Crippen molar-refractivity contribution in [2.45, 2.75) is 57.4 Å². The Labute approximate surface area is 157 Å². The first kappa shape index (κ1) is 18.1. The van der Waals surface area contributed by atoms with Gasteiger partial charge < -0.3 is 9.88 Å². The Bertz CT molecular complexity index is 835. The van der Waals surface area contributed by atoms with Crippen molar-refractivity contribution in [3.05, 3.63) is 47.0 Å². The lowest BCUT2D eigenvalue weighted by molar-refractivity contribution is -0.122. The Morgan fingerprint density at radius 1 is 1.19 bits per heavy atom. The number of carbonyl (C=O) groups excluding carboxylic acids is 1. The topological polar surface area (TPSA) is 59.8 Å². The number of carbonyl (C=O) groups is 1. The van der Waals surface area contributed by atoms with E-state index in [1.165, 1.54) is 25.3 Å². The number of hydrogen-bond donors (Lipinski definition) is 1. The molecule has 5 nitrogen and oxygen atoms in total. The highest BCUT2D eigenvalue weighted by Gasteiger charge is 2.43. The van der Waals surface area contributed by atoms with Gasteiger partial charge in [-0.1, -0.05) is 12.5 Å². The average Bonchev–Trinajstić information content (AvgIpc) is 3.42. The van der Waals surface area contributed by atoms with Crippen LogP contribution in [0.3, 0.4) is 0 Å². The van der Waals surface area contributed by atoms with Gasteiger partial charge in [-0.15, -0.1) is 10.2 Å². The predicted molar refractivity (Wildman–Crippen MR) is 96.1 cm³/mol. The highest BCUT2D eigenvalue weighted by Crippen LogP contribution is 2.47. The van der Waals surface area contributed by atoms with Crippen LogP contribution < -0.4 is 5.32 Å². The van der Waals surface area contributed by atoms with Crippen molar-refractivity contribution in [1.29, 1.82) is 0 Å². The van der Waals surface area contributed by atoms with Gasteiger partial charge >= 0.3 is 0 Å². The van der Waals surface area contributed by atoms with Crippen LogP contribution >= 0.6 is 0 Å². The maximum Gasteiger partial charge on any atom is 0.223 e. The van der Waals surface area contributed by atoms with E-state index >= 15 is 0 Å². The molecule has 144 valence electrons. The maximum atomic E-state index is 13.3. The molecule has 4 rings (SSSR count). The molecule has 1 aliphatic carbocycles. The van der Waals surface area contributed by atoms with E-state index in [1.54, 1.807) is 6.07 Å². The molecule has 0 saturated heterocycles. The van der Waals surface area contributed by atoms with Crippen LogP contribution in [0.1, 0.15) is 55.2 Å². The molecule has 27 heavy (non-hydrogen) atoms. The molecule has 0 unspecified atom stereocenters. The van der Waals surface area contributed by atoms with E-state index in [-0.39, 0.29) is 17.7 Å². The summed E-state index contributed by atoms with van der Waals surface area (Å²) < 4.78 is 28.6. The Balaban J connectivity index is 1.23. The lowest BCUT2D eigenvalue weighted by Gasteiger charge is -2.08. The minimum atomic E-state index is -0.856. The number of nitrogens with one attached hydrogen (secondary N) is 1. The number of fused-ring (bicyclic) bond motifs is 1. The van der Waals surface area contributed by atoms with Crippen LogP contribution in [0.15, 0.2) is 18.2 Å². The largest absolute Gasteiger partial charge is 0.356 e. The quantitative estimate of drug-likeness (QED) is 0.791. The van der Waals surface area contributed by atoms with Crippen molar-refractivity contribution in [2.75, 3.05) is 6.54 Å². The number of amides is 1. The standard InChI is InChI=1S/C20H24F2N4O/c21-16-8-7-13(11-17(16)22)14-12-15(14)20(27)23-9-4-6-19-25-24-18-5-2-1-3-10-26(18)19/h7-8,11,14-15H,1-6,9-10,12H2,(H,23,27)/t14-,15-/m1/s1. The summed E-state index contributed by atoms with van der Waals surface area (Å²) in [5, 5.41) is 11.6. The zero-order valence-corrected chi connectivity index (χ0v) is 15.3. The van der Waals surface area contributed by atoms with E-state index < -0.39 is 11.6 Å². The number of aryl methyl sites for hydroxylation is 2. The van der Waals surface area contributed by atoms with Gasteiger partial charge in [0.15, 0.2) is 11.6 Å². The van der Waals surface area contributed by atoms with E-state index in [9.17, 15) is 13.6 Å². The van der Waals surface area contributed by atoms with Gasteiger partial charge in [-0.2, -0.15) is 0 Å². The summed E-state index contributed by atoms with van der Waals surface area (Å²) in [5.74, 6) is 0.222. The number of aromatic nitrogens is 3. The van der Waals surface area contributed by atoms with Gasteiger partial charge in [0, 0.05) is 31.8 Å². The summed E-state index contributed by atoms with van der Waals surface area (Å²) in [6, 6.07) is 3.89. The van der Waals surface area contributed by atoms with Gasteiger partial charge in [0.25, 0.3) is 0 Å². The molecule has 1 amide bonds. The number of rotatable bonds is 6. The molecule has 0 spiro atoms. The molecule has 1 aromatic carbocycles. The van der Waals surface area contributed by atoms with E-state index in [0.717, 1.165) is 43.5 Å². The van der Waals surface area contributed by atoms with Crippen LogP contribution in [0.25, 0.3) is 0 Å². The Kier molecular flexibility index (Phi) is 5.18. The normalized spacial score (nSPS) is 21.4. The number of hydrogen-bond acceptors (Lipinski definition) is 3. The number of benzene rings is 1. The fourth-order valence-corrected chi connectivity index (χ4v) is 3.92. The highest BCUT2D eigenvalue weighted by molar-refractivity contribution is 5.82. The van der Waals surface area contributed by atoms with Gasteiger partial charge in [0.05, 0.1) is 0 Å². The minimum absolute atomic E-state index is 0.00707. The smallest absolute Gasteiger partial charge is 0.223 e.